The van der Waals surface area contributed by atoms with E-state index in [2.05, 4.69) is 103 Å². The maximum absolute atomic E-state index is 8.92. The summed E-state index contributed by atoms with van der Waals surface area (Å²) in [5.41, 5.74) is 9.13. The molecule has 0 saturated carbocycles. The lowest BCUT2D eigenvalue weighted by Crippen LogP contribution is -2.28. The van der Waals surface area contributed by atoms with E-state index in [9.17, 15) is 0 Å². The molecule has 0 bridgehead atoms. The Morgan fingerprint density at radius 2 is 1.07 bits per heavy atom. The van der Waals surface area contributed by atoms with Crippen molar-refractivity contribution in [2.45, 2.75) is 5.41 Å². The maximum atomic E-state index is 8.92. The Morgan fingerprint density at radius 3 is 1.72 bits per heavy atom. The molecule has 0 aromatic heterocycles. The van der Waals surface area contributed by atoms with Gasteiger partial charge >= 0.3 is 0 Å². The van der Waals surface area contributed by atoms with Crippen molar-refractivity contribution in [3.05, 3.63) is 203 Å². The summed E-state index contributed by atoms with van der Waals surface area (Å²) in [4.78, 5) is 9.84. The van der Waals surface area contributed by atoms with Gasteiger partial charge in [-0.1, -0.05) is 164 Å². The van der Waals surface area contributed by atoms with Crippen molar-refractivity contribution in [2.75, 3.05) is 0 Å². The van der Waals surface area contributed by atoms with Crippen LogP contribution >= 0.6 is 0 Å². The topological polar surface area (TPSA) is 48.6 Å². The van der Waals surface area contributed by atoms with E-state index in [-0.39, 0.29) is 5.84 Å². The molecule has 0 aliphatic heterocycles. The second-order valence-corrected chi connectivity index (χ2v) is 10.6. The molecule has 0 amide bonds. The van der Waals surface area contributed by atoms with Crippen LogP contribution in [0.1, 0.15) is 38.9 Å². The zero-order chi connectivity index (χ0) is 29.1. The molecular formula is C40H29N3. The second kappa shape index (κ2) is 11.3. The summed E-state index contributed by atoms with van der Waals surface area (Å²) in [6.45, 7) is 0. The summed E-state index contributed by atoms with van der Waals surface area (Å²) in [6.07, 6.45) is 1.83. The molecule has 0 heterocycles. The van der Waals surface area contributed by atoms with Gasteiger partial charge in [-0.3, -0.25) is 5.41 Å². The molecule has 0 fully saturated rings. The van der Waals surface area contributed by atoms with Crippen LogP contribution in [0.2, 0.25) is 0 Å². The van der Waals surface area contributed by atoms with E-state index in [0.717, 1.165) is 27.8 Å². The van der Waals surface area contributed by atoms with Gasteiger partial charge in [0.15, 0.2) is 11.7 Å². The van der Waals surface area contributed by atoms with Crippen molar-refractivity contribution >= 4 is 17.9 Å². The molecule has 43 heavy (non-hydrogen) atoms. The average molecular weight is 552 g/mol. The highest BCUT2D eigenvalue weighted by atomic mass is 14.9. The van der Waals surface area contributed by atoms with Crippen LogP contribution in [0.5, 0.6) is 0 Å². The Morgan fingerprint density at radius 1 is 0.535 bits per heavy atom. The quantitative estimate of drug-likeness (QED) is 0.164. The molecule has 1 N–H and O–H groups in total. The fourth-order valence-electron chi connectivity index (χ4n) is 6.28. The molecule has 0 atom stereocenters. The zero-order valence-electron chi connectivity index (χ0n) is 23.6. The first-order valence-electron chi connectivity index (χ1n) is 14.4. The number of amidine groups is 2. The van der Waals surface area contributed by atoms with Gasteiger partial charge in [0.1, 0.15) is 0 Å². The van der Waals surface area contributed by atoms with Gasteiger partial charge in [0.05, 0.1) is 5.41 Å². The number of nitrogens with one attached hydrogen (secondary N) is 1. The largest absolute Gasteiger partial charge is 0.282 e. The second-order valence-electron chi connectivity index (χ2n) is 10.6. The number of fused-ring (bicyclic) bond motifs is 3. The summed E-state index contributed by atoms with van der Waals surface area (Å²) in [5.74, 6) is 0.670. The van der Waals surface area contributed by atoms with Crippen LogP contribution in [0, 0.1) is 5.41 Å². The van der Waals surface area contributed by atoms with Gasteiger partial charge in [0, 0.05) is 17.3 Å². The Kier molecular flexibility index (Phi) is 6.90. The van der Waals surface area contributed by atoms with E-state index in [1.165, 1.54) is 22.3 Å². The molecule has 3 heteroatoms. The van der Waals surface area contributed by atoms with E-state index in [4.69, 9.17) is 15.4 Å². The van der Waals surface area contributed by atoms with Crippen molar-refractivity contribution in [3.63, 3.8) is 0 Å². The number of benzene rings is 6. The summed E-state index contributed by atoms with van der Waals surface area (Å²) < 4.78 is 0. The lowest BCUT2D eigenvalue weighted by molar-refractivity contribution is 0.768. The minimum Gasteiger partial charge on any atom is -0.282 e. The van der Waals surface area contributed by atoms with Gasteiger partial charge in [-0.2, -0.15) is 0 Å². The first kappa shape index (κ1) is 26.2. The predicted octanol–water partition coefficient (Wildman–Crippen LogP) is 8.94. The highest BCUT2D eigenvalue weighted by Crippen LogP contribution is 2.56. The van der Waals surface area contributed by atoms with E-state index in [1.54, 1.807) is 0 Å². The van der Waals surface area contributed by atoms with Crippen molar-refractivity contribution < 1.29 is 0 Å². The van der Waals surface area contributed by atoms with Gasteiger partial charge in [-0.25, -0.2) is 9.98 Å². The van der Waals surface area contributed by atoms with Gasteiger partial charge in [0.2, 0.25) is 0 Å². The minimum atomic E-state index is -0.522. The van der Waals surface area contributed by atoms with Crippen molar-refractivity contribution in [3.8, 4) is 11.1 Å². The van der Waals surface area contributed by atoms with E-state index in [0.29, 0.717) is 5.84 Å². The first-order chi connectivity index (χ1) is 21.3. The molecule has 0 saturated heterocycles. The van der Waals surface area contributed by atoms with Gasteiger partial charge in [-0.05, 0) is 38.9 Å². The third-order valence-corrected chi connectivity index (χ3v) is 8.12. The smallest absolute Gasteiger partial charge is 0.162 e. The van der Waals surface area contributed by atoms with Crippen LogP contribution in [0.4, 0.5) is 0 Å². The molecule has 0 radical (unpaired) electrons. The summed E-state index contributed by atoms with van der Waals surface area (Å²) in [6, 6.07) is 56.2. The van der Waals surface area contributed by atoms with Gasteiger partial charge in [-0.15, -0.1) is 0 Å². The first-order valence-corrected chi connectivity index (χ1v) is 14.4. The van der Waals surface area contributed by atoms with Crippen molar-refractivity contribution in [1.82, 2.24) is 0 Å². The van der Waals surface area contributed by atoms with Crippen LogP contribution in [0.25, 0.3) is 11.1 Å². The van der Waals surface area contributed by atoms with E-state index < -0.39 is 5.41 Å². The minimum absolute atomic E-state index is 0.169. The molecule has 1 aliphatic carbocycles. The van der Waals surface area contributed by atoms with Crippen LogP contribution in [0.3, 0.4) is 0 Å². The van der Waals surface area contributed by atoms with Crippen molar-refractivity contribution in [2.24, 2.45) is 9.98 Å². The highest BCUT2D eigenvalue weighted by Gasteiger charge is 2.46. The molecule has 3 nitrogen and oxygen atoms in total. The molecule has 6 aromatic carbocycles. The molecule has 6 aromatic rings. The number of rotatable bonds is 5. The number of aliphatic imine (C=N–C) groups is 2. The van der Waals surface area contributed by atoms with Gasteiger partial charge in [0.25, 0.3) is 0 Å². The SMILES string of the molecule is N=C(N=C(N=Cc1ccccc1)c1cccc2c1-c1ccccc1C2(c1ccccc1)c1ccccc1)c1ccccc1. The van der Waals surface area contributed by atoms with Gasteiger partial charge < -0.3 is 0 Å². The average Bonchev–Trinajstić information content (AvgIpc) is 3.39. The van der Waals surface area contributed by atoms with Crippen LogP contribution in [0.15, 0.2) is 174 Å². The van der Waals surface area contributed by atoms with E-state index in [1.807, 2.05) is 66.9 Å². The van der Waals surface area contributed by atoms with Crippen molar-refractivity contribution in [1.29, 1.82) is 5.41 Å². The summed E-state index contributed by atoms with van der Waals surface area (Å²) in [5, 5.41) is 8.92. The van der Waals surface area contributed by atoms with Crippen LogP contribution < -0.4 is 0 Å². The highest BCUT2D eigenvalue weighted by molar-refractivity contribution is 6.16. The monoisotopic (exact) mass is 551 g/mol. The molecule has 1 aliphatic rings. The number of nitrogens with zero attached hydrogens (tertiary/aromatic N) is 2. The molecular weight excluding hydrogens is 522 g/mol. The normalized spacial score (nSPS) is 13.4. The maximum Gasteiger partial charge on any atom is 0.162 e. The van der Waals surface area contributed by atoms with Crippen LogP contribution in [-0.2, 0) is 5.41 Å². The lowest BCUT2D eigenvalue weighted by atomic mass is 9.67. The summed E-state index contributed by atoms with van der Waals surface area (Å²) in [7, 11) is 0. The van der Waals surface area contributed by atoms with Crippen LogP contribution in [-0.4, -0.2) is 17.9 Å². The molecule has 7 rings (SSSR count). The zero-order valence-corrected chi connectivity index (χ0v) is 23.6. The summed E-state index contributed by atoms with van der Waals surface area (Å²) >= 11 is 0. The predicted molar refractivity (Wildman–Crippen MR) is 178 cm³/mol. The third-order valence-electron chi connectivity index (χ3n) is 8.12. The Labute approximate surface area is 252 Å². The number of hydrogen-bond acceptors (Lipinski definition) is 1. The Hall–Kier alpha value is -5.67. The third kappa shape index (κ3) is 4.61. The Bertz CT molecular complexity index is 1920. The number of hydrogen-bond donors (Lipinski definition) is 1. The molecule has 0 spiro atoms. The molecule has 0 unspecified atom stereocenters. The fourth-order valence-corrected chi connectivity index (χ4v) is 6.28. The lowest BCUT2D eigenvalue weighted by Gasteiger charge is -2.33. The standard InChI is InChI=1S/C40H29N3/c41-38(30-18-7-2-8-19-30)43-39(42-28-29-16-5-1-6-17-29)34-25-15-27-36-37(34)33-24-13-14-26-35(33)40(36,31-20-9-3-10-21-31)32-22-11-4-12-23-32/h1-28,41H. The van der Waals surface area contributed by atoms with E-state index >= 15 is 0 Å². The molecule has 204 valence electrons. The fraction of sp³-hybridized carbons (Fsp3) is 0.0250. The Balaban J connectivity index is 1.52.